The van der Waals surface area contributed by atoms with Crippen molar-refractivity contribution in [2.75, 3.05) is 0 Å². The fourth-order valence-corrected chi connectivity index (χ4v) is 4.96. The average Bonchev–Trinajstić information content (AvgIpc) is 3.02. The van der Waals surface area contributed by atoms with Crippen LogP contribution in [0, 0.1) is 5.82 Å². The summed E-state index contributed by atoms with van der Waals surface area (Å²) in [5.41, 5.74) is 1.88. The van der Waals surface area contributed by atoms with Crippen molar-refractivity contribution in [2.45, 2.75) is 13.2 Å². The minimum atomic E-state index is -0.374. The van der Waals surface area contributed by atoms with Crippen LogP contribution in [0.2, 0.25) is 10.0 Å². The number of amides is 1. The van der Waals surface area contributed by atoms with Gasteiger partial charge in [-0.05, 0) is 29.8 Å². The number of hydrogen-bond donors (Lipinski definition) is 0. The lowest BCUT2D eigenvalue weighted by atomic mass is 10.1. The van der Waals surface area contributed by atoms with Crippen LogP contribution in [0.4, 0.5) is 4.39 Å². The Hall–Kier alpha value is -2.38. The Labute approximate surface area is 204 Å². The van der Waals surface area contributed by atoms with Gasteiger partial charge in [-0.25, -0.2) is 4.39 Å². The number of hydrogen-bond acceptors (Lipinski definition) is 4. The molecular formula is C24H16Cl2FNO2S2. The Bertz CT molecular complexity index is 1220. The van der Waals surface area contributed by atoms with Gasteiger partial charge in [0.25, 0.3) is 5.91 Å². The first kappa shape index (κ1) is 22.8. The first-order valence-electron chi connectivity index (χ1n) is 9.57. The highest BCUT2D eigenvalue weighted by Gasteiger charge is 2.32. The van der Waals surface area contributed by atoms with E-state index in [1.54, 1.807) is 35.2 Å². The van der Waals surface area contributed by atoms with E-state index in [0.29, 0.717) is 37.7 Å². The van der Waals surface area contributed by atoms with Gasteiger partial charge in [0.1, 0.15) is 22.5 Å². The quantitative estimate of drug-likeness (QED) is 0.264. The molecule has 0 atom stereocenters. The molecule has 32 heavy (non-hydrogen) atoms. The summed E-state index contributed by atoms with van der Waals surface area (Å²) in [5.74, 6) is -0.270. The van der Waals surface area contributed by atoms with Crippen LogP contribution >= 0.6 is 47.2 Å². The Morgan fingerprint density at radius 2 is 1.78 bits per heavy atom. The Balaban J connectivity index is 1.61. The van der Waals surface area contributed by atoms with Gasteiger partial charge in [-0.2, -0.15) is 0 Å². The van der Waals surface area contributed by atoms with E-state index >= 15 is 0 Å². The predicted octanol–water partition coefficient (Wildman–Crippen LogP) is 7.11. The van der Waals surface area contributed by atoms with E-state index in [1.807, 2.05) is 30.3 Å². The van der Waals surface area contributed by atoms with E-state index in [1.165, 1.54) is 23.9 Å². The summed E-state index contributed by atoms with van der Waals surface area (Å²) in [6.07, 6.45) is 1.65. The van der Waals surface area contributed by atoms with Crippen LogP contribution in [0.3, 0.4) is 0 Å². The molecule has 1 saturated heterocycles. The zero-order valence-corrected chi connectivity index (χ0v) is 19.7. The SMILES string of the molecule is O=C1C(=Cc2cc(Cl)cc(Cl)c2OCc2ccccc2F)SC(=S)N1Cc1ccccc1. The van der Waals surface area contributed by atoms with Crippen molar-refractivity contribution in [2.24, 2.45) is 0 Å². The third kappa shape index (κ3) is 5.15. The van der Waals surface area contributed by atoms with Crippen molar-refractivity contribution in [3.63, 3.8) is 0 Å². The van der Waals surface area contributed by atoms with Crippen molar-refractivity contribution in [1.29, 1.82) is 0 Å². The molecule has 0 N–H and O–H groups in total. The van der Waals surface area contributed by atoms with Crippen LogP contribution in [0.1, 0.15) is 16.7 Å². The molecular weight excluding hydrogens is 488 g/mol. The fourth-order valence-electron chi connectivity index (χ4n) is 3.15. The Morgan fingerprint density at radius 3 is 2.53 bits per heavy atom. The molecule has 1 heterocycles. The largest absolute Gasteiger partial charge is 0.487 e. The number of nitrogens with zero attached hydrogens (tertiary/aromatic N) is 1. The van der Waals surface area contributed by atoms with Crippen molar-refractivity contribution in [3.8, 4) is 5.75 Å². The minimum absolute atomic E-state index is 0.0240. The van der Waals surface area contributed by atoms with Gasteiger partial charge in [0.15, 0.2) is 0 Å². The topological polar surface area (TPSA) is 29.5 Å². The van der Waals surface area contributed by atoms with Crippen LogP contribution in [0.5, 0.6) is 5.75 Å². The van der Waals surface area contributed by atoms with Crippen LogP contribution in [-0.2, 0) is 17.9 Å². The summed E-state index contributed by atoms with van der Waals surface area (Å²) in [6, 6.07) is 19.1. The van der Waals surface area contributed by atoms with Gasteiger partial charge in [-0.3, -0.25) is 9.69 Å². The molecule has 0 saturated carbocycles. The van der Waals surface area contributed by atoms with Gasteiger partial charge in [-0.15, -0.1) is 0 Å². The molecule has 162 valence electrons. The maximum Gasteiger partial charge on any atom is 0.266 e. The molecule has 0 bridgehead atoms. The molecule has 0 aliphatic carbocycles. The van der Waals surface area contributed by atoms with Crippen LogP contribution in [-0.4, -0.2) is 15.1 Å². The fraction of sp³-hybridized carbons (Fsp3) is 0.0833. The number of ether oxygens (including phenoxy) is 1. The highest BCUT2D eigenvalue weighted by atomic mass is 35.5. The molecule has 3 aromatic rings. The molecule has 1 amide bonds. The summed E-state index contributed by atoms with van der Waals surface area (Å²) < 4.78 is 20.3. The van der Waals surface area contributed by atoms with Gasteiger partial charge < -0.3 is 4.74 Å². The Morgan fingerprint density at radius 1 is 1.06 bits per heavy atom. The van der Waals surface area contributed by atoms with Gasteiger partial charge in [-0.1, -0.05) is 95.7 Å². The van der Waals surface area contributed by atoms with Crippen molar-refractivity contribution in [1.82, 2.24) is 4.90 Å². The van der Waals surface area contributed by atoms with Crippen molar-refractivity contribution in [3.05, 3.63) is 104 Å². The number of thioether (sulfide) groups is 1. The van der Waals surface area contributed by atoms with E-state index in [2.05, 4.69) is 0 Å². The second kappa shape index (κ2) is 10.0. The number of thiocarbonyl (C=S) groups is 1. The zero-order valence-electron chi connectivity index (χ0n) is 16.6. The molecule has 0 aromatic heterocycles. The molecule has 8 heteroatoms. The number of carbonyl (C=O) groups excluding carboxylic acids is 1. The summed E-state index contributed by atoms with van der Waals surface area (Å²) in [6.45, 7) is 0.361. The number of rotatable bonds is 6. The van der Waals surface area contributed by atoms with Gasteiger partial charge in [0.05, 0.1) is 16.5 Å². The Kier molecular flexibility index (Phi) is 7.16. The van der Waals surface area contributed by atoms with E-state index < -0.39 is 0 Å². The number of carbonyl (C=O) groups is 1. The van der Waals surface area contributed by atoms with Crippen molar-refractivity contribution >= 4 is 63.5 Å². The lowest BCUT2D eigenvalue weighted by Gasteiger charge is -2.14. The summed E-state index contributed by atoms with van der Waals surface area (Å²) >= 11 is 19.2. The third-order valence-electron chi connectivity index (χ3n) is 4.71. The normalized spacial score (nSPS) is 15.0. The summed E-state index contributed by atoms with van der Waals surface area (Å²) in [7, 11) is 0. The van der Waals surface area contributed by atoms with Gasteiger partial charge in [0.2, 0.25) is 0 Å². The van der Waals surface area contributed by atoms with E-state index in [-0.39, 0.29) is 23.4 Å². The van der Waals surface area contributed by atoms with Crippen LogP contribution < -0.4 is 4.74 Å². The van der Waals surface area contributed by atoms with Gasteiger partial charge >= 0.3 is 0 Å². The highest BCUT2D eigenvalue weighted by Crippen LogP contribution is 2.39. The smallest absolute Gasteiger partial charge is 0.266 e. The lowest BCUT2D eigenvalue weighted by Crippen LogP contribution is -2.27. The van der Waals surface area contributed by atoms with Crippen molar-refractivity contribution < 1.29 is 13.9 Å². The van der Waals surface area contributed by atoms with E-state index in [0.717, 1.165) is 5.56 Å². The highest BCUT2D eigenvalue weighted by molar-refractivity contribution is 8.26. The maximum atomic E-state index is 14.0. The third-order valence-corrected chi connectivity index (χ3v) is 6.59. The molecule has 1 aliphatic rings. The van der Waals surface area contributed by atoms with Crippen LogP contribution in [0.15, 0.2) is 71.6 Å². The molecule has 3 nitrogen and oxygen atoms in total. The van der Waals surface area contributed by atoms with Gasteiger partial charge in [0, 0.05) is 16.1 Å². The first-order valence-corrected chi connectivity index (χ1v) is 11.5. The predicted molar refractivity (Wildman–Crippen MR) is 132 cm³/mol. The molecule has 0 unspecified atom stereocenters. The van der Waals surface area contributed by atoms with E-state index in [4.69, 9.17) is 40.2 Å². The summed E-state index contributed by atoms with van der Waals surface area (Å²) in [5, 5.41) is 0.652. The lowest BCUT2D eigenvalue weighted by molar-refractivity contribution is -0.122. The number of benzene rings is 3. The monoisotopic (exact) mass is 503 g/mol. The summed E-state index contributed by atoms with van der Waals surface area (Å²) in [4.78, 5) is 15.0. The standard InChI is InChI=1S/C24H16Cl2FNO2S2/c25-18-10-17(22(19(26)12-18)30-14-16-8-4-5-9-20(16)27)11-21-23(29)28(24(31)32-21)13-15-6-2-1-3-7-15/h1-12H,13-14H2. The maximum absolute atomic E-state index is 14.0. The second-order valence-corrected chi connectivity index (χ2v) is 9.46. The molecule has 1 fully saturated rings. The molecule has 3 aromatic carbocycles. The zero-order chi connectivity index (χ0) is 22.7. The molecule has 0 radical (unpaired) electrons. The van der Waals surface area contributed by atoms with E-state index in [9.17, 15) is 9.18 Å². The minimum Gasteiger partial charge on any atom is -0.487 e. The number of halogens is 3. The average molecular weight is 504 g/mol. The second-order valence-electron chi connectivity index (χ2n) is 6.94. The first-order chi connectivity index (χ1) is 15.4. The molecule has 1 aliphatic heterocycles. The molecule has 0 spiro atoms. The van der Waals surface area contributed by atoms with Crippen LogP contribution in [0.25, 0.3) is 6.08 Å². The molecule has 4 rings (SSSR count).